The summed E-state index contributed by atoms with van der Waals surface area (Å²) in [6, 6.07) is 3.86. The summed E-state index contributed by atoms with van der Waals surface area (Å²) in [5.41, 5.74) is 0.624. The second-order valence-electron chi connectivity index (χ2n) is 6.16. The van der Waals surface area contributed by atoms with Gasteiger partial charge in [-0.1, -0.05) is 0 Å². The Bertz CT molecular complexity index is 654. The van der Waals surface area contributed by atoms with Gasteiger partial charge in [-0.15, -0.1) is 0 Å². The Morgan fingerprint density at radius 1 is 1.43 bits per heavy atom. The van der Waals surface area contributed by atoms with Crippen molar-refractivity contribution < 1.29 is 4.79 Å². The van der Waals surface area contributed by atoms with Crippen molar-refractivity contribution in [2.24, 2.45) is 0 Å². The van der Waals surface area contributed by atoms with E-state index in [0.29, 0.717) is 17.9 Å². The van der Waals surface area contributed by atoms with Crippen LogP contribution in [-0.4, -0.2) is 50.1 Å². The molecule has 2 N–H and O–H groups in total. The van der Waals surface area contributed by atoms with Crippen LogP contribution >= 0.6 is 0 Å². The second kappa shape index (κ2) is 6.76. The smallest absolute Gasteiger partial charge is 0.257 e. The molecule has 1 saturated heterocycles. The molecule has 23 heavy (non-hydrogen) atoms. The van der Waals surface area contributed by atoms with Crippen molar-refractivity contribution in [2.45, 2.75) is 38.6 Å². The van der Waals surface area contributed by atoms with E-state index in [1.54, 1.807) is 12.3 Å². The minimum absolute atomic E-state index is 0.0189. The maximum atomic E-state index is 12.9. The molecule has 1 fully saturated rings. The first-order valence-corrected chi connectivity index (χ1v) is 8.01. The van der Waals surface area contributed by atoms with E-state index in [9.17, 15) is 4.79 Å². The average Bonchev–Trinajstić information content (AvgIpc) is 3.09. The van der Waals surface area contributed by atoms with Crippen molar-refractivity contribution in [3.8, 4) is 0 Å². The van der Waals surface area contributed by atoms with Gasteiger partial charge in [0, 0.05) is 31.2 Å². The lowest BCUT2D eigenvalue weighted by Crippen LogP contribution is -2.39. The van der Waals surface area contributed by atoms with Crippen LogP contribution in [-0.2, 0) is 0 Å². The molecule has 1 atom stereocenters. The zero-order valence-corrected chi connectivity index (χ0v) is 13.5. The number of piperidine rings is 1. The summed E-state index contributed by atoms with van der Waals surface area (Å²) in [4.78, 5) is 23.4. The number of carbonyl (C=O) groups excluding carboxylic acids is 1. The van der Waals surface area contributed by atoms with E-state index >= 15 is 0 Å². The molecule has 1 amide bonds. The van der Waals surface area contributed by atoms with Crippen LogP contribution in [0.3, 0.4) is 0 Å². The number of aromatic amines is 1. The third kappa shape index (κ3) is 3.49. The molecule has 0 bridgehead atoms. The van der Waals surface area contributed by atoms with Gasteiger partial charge in [-0.2, -0.15) is 5.10 Å². The Balaban J connectivity index is 1.77. The molecule has 3 heterocycles. The fourth-order valence-corrected chi connectivity index (χ4v) is 2.93. The van der Waals surface area contributed by atoms with Crippen LogP contribution in [0.1, 0.15) is 48.8 Å². The zero-order chi connectivity index (χ0) is 16.2. The predicted molar refractivity (Wildman–Crippen MR) is 87.3 cm³/mol. The van der Waals surface area contributed by atoms with Crippen molar-refractivity contribution in [1.82, 2.24) is 25.1 Å². The van der Waals surface area contributed by atoms with Crippen molar-refractivity contribution >= 4 is 11.7 Å². The molecule has 0 spiro atoms. The maximum Gasteiger partial charge on any atom is 0.257 e. The summed E-state index contributed by atoms with van der Waals surface area (Å²) in [5.74, 6) is 1.74. The van der Waals surface area contributed by atoms with Crippen LogP contribution in [0, 0.1) is 0 Å². The van der Waals surface area contributed by atoms with Gasteiger partial charge in [-0.05, 0) is 38.8 Å². The number of carbonyl (C=O) groups is 1. The van der Waals surface area contributed by atoms with Crippen molar-refractivity contribution in [3.05, 3.63) is 36.0 Å². The Morgan fingerprint density at radius 3 is 3.04 bits per heavy atom. The van der Waals surface area contributed by atoms with Crippen molar-refractivity contribution in [3.63, 3.8) is 0 Å². The standard InChI is InChI=1S/C16H22N6O/c1-11(2)20-15-13(6-3-7-17-15)16(23)22-8-4-5-12(9-22)14-18-10-19-21-14/h3,6-7,10-12H,4-5,8-9H2,1-2H3,(H,17,20)(H,18,19,21). The first-order chi connectivity index (χ1) is 11.1. The highest BCUT2D eigenvalue weighted by molar-refractivity contribution is 5.98. The lowest BCUT2D eigenvalue weighted by Gasteiger charge is -2.32. The predicted octanol–water partition coefficient (Wildman–Crippen LogP) is 2.04. The highest BCUT2D eigenvalue weighted by Crippen LogP contribution is 2.26. The number of rotatable bonds is 4. The van der Waals surface area contributed by atoms with Gasteiger partial charge in [0.05, 0.1) is 5.56 Å². The van der Waals surface area contributed by atoms with Gasteiger partial charge in [0.2, 0.25) is 0 Å². The molecule has 1 aliphatic rings. The van der Waals surface area contributed by atoms with Crippen LogP contribution in [0.15, 0.2) is 24.7 Å². The van der Waals surface area contributed by atoms with Crippen LogP contribution in [0.25, 0.3) is 0 Å². The summed E-state index contributed by atoms with van der Waals surface area (Å²) in [7, 11) is 0. The van der Waals surface area contributed by atoms with Gasteiger partial charge in [-0.3, -0.25) is 9.89 Å². The Morgan fingerprint density at radius 2 is 2.30 bits per heavy atom. The normalized spacial score (nSPS) is 18.2. The highest BCUT2D eigenvalue weighted by atomic mass is 16.2. The highest BCUT2D eigenvalue weighted by Gasteiger charge is 2.28. The lowest BCUT2D eigenvalue weighted by molar-refractivity contribution is 0.0705. The van der Waals surface area contributed by atoms with Gasteiger partial charge in [-0.25, -0.2) is 9.97 Å². The third-order valence-corrected chi connectivity index (χ3v) is 3.99. The fourth-order valence-electron chi connectivity index (χ4n) is 2.93. The molecule has 0 radical (unpaired) electrons. The molecule has 7 heteroatoms. The monoisotopic (exact) mass is 314 g/mol. The van der Waals surface area contributed by atoms with E-state index in [0.717, 1.165) is 25.2 Å². The summed E-state index contributed by atoms with van der Waals surface area (Å²) in [6.07, 6.45) is 5.20. The van der Waals surface area contributed by atoms with Crippen molar-refractivity contribution in [1.29, 1.82) is 0 Å². The number of aromatic nitrogens is 4. The molecule has 3 rings (SSSR count). The number of nitrogens with zero attached hydrogens (tertiary/aromatic N) is 4. The number of hydrogen-bond donors (Lipinski definition) is 2. The number of pyridine rings is 1. The Kier molecular flexibility index (Phi) is 4.55. The van der Waals surface area contributed by atoms with Crippen LogP contribution in [0.2, 0.25) is 0 Å². The first-order valence-electron chi connectivity index (χ1n) is 8.01. The molecule has 1 unspecified atom stereocenters. The summed E-state index contributed by atoms with van der Waals surface area (Å²) < 4.78 is 0. The van der Waals surface area contributed by atoms with Gasteiger partial charge >= 0.3 is 0 Å². The summed E-state index contributed by atoms with van der Waals surface area (Å²) >= 11 is 0. The molecule has 0 aliphatic carbocycles. The summed E-state index contributed by atoms with van der Waals surface area (Å²) in [6.45, 7) is 5.48. The largest absolute Gasteiger partial charge is 0.367 e. The Labute approximate surface area is 135 Å². The number of anilines is 1. The van der Waals surface area contributed by atoms with Gasteiger partial charge in [0.25, 0.3) is 5.91 Å². The number of amides is 1. The lowest BCUT2D eigenvalue weighted by atomic mass is 9.97. The van der Waals surface area contributed by atoms with Crippen LogP contribution in [0.5, 0.6) is 0 Å². The van der Waals surface area contributed by atoms with E-state index in [1.165, 1.54) is 6.33 Å². The van der Waals surface area contributed by atoms with Crippen LogP contribution < -0.4 is 5.32 Å². The first kappa shape index (κ1) is 15.5. The fraction of sp³-hybridized carbons (Fsp3) is 0.500. The second-order valence-corrected chi connectivity index (χ2v) is 6.16. The van der Waals surface area contributed by atoms with E-state index in [1.807, 2.05) is 24.8 Å². The molecule has 122 valence electrons. The van der Waals surface area contributed by atoms with E-state index in [4.69, 9.17) is 0 Å². The number of nitrogens with one attached hydrogen (secondary N) is 2. The van der Waals surface area contributed by atoms with E-state index in [-0.39, 0.29) is 17.9 Å². The molecule has 2 aromatic heterocycles. The summed E-state index contributed by atoms with van der Waals surface area (Å²) in [5, 5.41) is 10.1. The minimum atomic E-state index is 0.0189. The van der Waals surface area contributed by atoms with E-state index in [2.05, 4.69) is 25.5 Å². The number of hydrogen-bond acceptors (Lipinski definition) is 5. The zero-order valence-electron chi connectivity index (χ0n) is 13.5. The minimum Gasteiger partial charge on any atom is -0.367 e. The molecule has 1 aliphatic heterocycles. The number of likely N-dealkylation sites (tertiary alicyclic amines) is 1. The topological polar surface area (TPSA) is 86.8 Å². The van der Waals surface area contributed by atoms with Gasteiger partial charge in [0.15, 0.2) is 0 Å². The third-order valence-electron chi connectivity index (χ3n) is 3.99. The quantitative estimate of drug-likeness (QED) is 0.902. The molecular formula is C16H22N6O. The van der Waals surface area contributed by atoms with Crippen LogP contribution in [0.4, 0.5) is 5.82 Å². The molecule has 0 saturated carbocycles. The molecule has 2 aromatic rings. The molecule has 0 aromatic carbocycles. The Hall–Kier alpha value is -2.44. The SMILES string of the molecule is CC(C)Nc1ncccc1C(=O)N1CCCC(c2ncn[nH]2)C1. The number of H-pyrrole nitrogens is 1. The molecule has 7 nitrogen and oxygen atoms in total. The van der Waals surface area contributed by atoms with Gasteiger partial charge < -0.3 is 10.2 Å². The van der Waals surface area contributed by atoms with Gasteiger partial charge in [0.1, 0.15) is 18.0 Å². The van der Waals surface area contributed by atoms with Crippen molar-refractivity contribution in [2.75, 3.05) is 18.4 Å². The molecular weight excluding hydrogens is 292 g/mol. The average molecular weight is 314 g/mol. The maximum absolute atomic E-state index is 12.9. The van der Waals surface area contributed by atoms with E-state index < -0.39 is 0 Å².